The average Bonchev–Trinajstić information content (AvgIpc) is 3.15. The number of carbonyl (C=O) groups excluding carboxylic acids is 1. The predicted octanol–water partition coefficient (Wildman–Crippen LogP) is 2.33. The van der Waals surface area contributed by atoms with Crippen LogP contribution >= 0.6 is 11.3 Å². The first-order chi connectivity index (χ1) is 10.5. The highest BCUT2D eigenvalue weighted by Gasteiger charge is 2.21. The lowest BCUT2D eigenvalue weighted by Gasteiger charge is -2.12. The number of allylic oxidation sites excluding steroid dienone is 2. The fraction of sp³-hybridized carbons (Fsp3) is 0.375. The zero-order valence-corrected chi connectivity index (χ0v) is 13.5. The van der Waals surface area contributed by atoms with Gasteiger partial charge in [-0.05, 0) is 38.0 Å². The topological polar surface area (TPSA) is 74.2 Å². The maximum atomic E-state index is 11.9. The van der Waals surface area contributed by atoms with Crippen molar-refractivity contribution < 1.29 is 9.90 Å². The molecule has 118 valence electrons. The third-order valence-corrected chi connectivity index (χ3v) is 4.57. The lowest BCUT2D eigenvalue weighted by molar-refractivity contribution is -0.122. The van der Waals surface area contributed by atoms with Crippen LogP contribution < -0.4 is 10.6 Å². The van der Waals surface area contributed by atoms with Gasteiger partial charge in [0.15, 0.2) is 0 Å². The molecule has 0 spiro atoms. The molecule has 2 rings (SSSR count). The third-order valence-electron chi connectivity index (χ3n) is 3.56. The molecule has 1 aromatic heterocycles. The Morgan fingerprint density at radius 3 is 3.00 bits per heavy atom. The summed E-state index contributed by atoms with van der Waals surface area (Å²) in [6.45, 7) is 10.7. The van der Waals surface area contributed by atoms with Crippen LogP contribution in [0.1, 0.15) is 23.4 Å². The van der Waals surface area contributed by atoms with E-state index in [0.29, 0.717) is 11.1 Å². The molecule has 0 bridgehead atoms. The van der Waals surface area contributed by atoms with Crippen LogP contribution in [0.2, 0.25) is 0 Å². The number of rotatable bonds is 6. The van der Waals surface area contributed by atoms with Crippen LogP contribution in [-0.4, -0.2) is 35.1 Å². The Balaban J connectivity index is 1.88. The Morgan fingerprint density at radius 1 is 1.64 bits per heavy atom. The summed E-state index contributed by atoms with van der Waals surface area (Å²) < 4.78 is 0. The maximum Gasteiger partial charge on any atom is 0.237 e. The number of nitrogens with one attached hydrogen (secondary N) is 2. The van der Waals surface area contributed by atoms with Gasteiger partial charge in [-0.15, -0.1) is 11.3 Å². The highest BCUT2D eigenvalue weighted by atomic mass is 32.1. The van der Waals surface area contributed by atoms with Crippen LogP contribution in [0.3, 0.4) is 0 Å². The summed E-state index contributed by atoms with van der Waals surface area (Å²) in [6.07, 6.45) is 3.42. The number of aliphatic hydroxyl groups excluding tert-OH is 1. The maximum absolute atomic E-state index is 11.9. The minimum Gasteiger partial charge on any atom is -0.508 e. The Hall–Kier alpha value is -1.92. The number of hydrogen-bond donors (Lipinski definition) is 3. The Kier molecular flexibility index (Phi) is 5.51. The van der Waals surface area contributed by atoms with Crippen molar-refractivity contribution in [2.75, 3.05) is 13.1 Å². The van der Waals surface area contributed by atoms with Gasteiger partial charge >= 0.3 is 0 Å². The van der Waals surface area contributed by atoms with Crippen molar-refractivity contribution in [2.45, 2.75) is 25.8 Å². The summed E-state index contributed by atoms with van der Waals surface area (Å²) in [5.41, 5.74) is 3.76. The van der Waals surface area contributed by atoms with Gasteiger partial charge in [0.2, 0.25) is 5.91 Å². The van der Waals surface area contributed by atoms with Gasteiger partial charge in [-0.2, -0.15) is 0 Å². The van der Waals surface area contributed by atoms with E-state index in [2.05, 4.69) is 28.8 Å². The number of carbonyl (C=O) groups is 1. The molecule has 0 aliphatic carbocycles. The van der Waals surface area contributed by atoms with Crippen LogP contribution in [0.15, 0.2) is 36.1 Å². The zero-order valence-electron chi connectivity index (χ0n) is 12.7. The van der Waals surface area contributed by atoms with E-state index >= 15 is 0 Å². The van der Waals surface area contributed by atoms with Crippen molar-refractivity contribution in [3.8, 4) is 0 Å². The Morgan fingerprint density at radius 2 is 2.41 bits per heavy atom. The van der Waals surface area contributed by atoms with Gasteiger partial charge < -0.3 is 15.7 Å². The molecule has 3 N–H and O–H groups in total. The standard InChI is InChI=1S/C16H21N3O2S/c1-10(15-12(3)19-9-22-15)7-14(20)11(2)8-18-16(21)13-5-4-6-17-13/h7,9,13,17,20H,1-2,4-6,8H2,3H3,(H,18,21)/b14-7+. The summed E-state index contributed by atoms with van der Waals surface area (Å²) in [6, 6.07) is -0.131. The molecule has 1 saturated heterocycles. The van der Waals surface area contributed by atoms with Gasteiger partial charge in [-0.25, -0.2) is 4.98 Å². The molecule has 1 aromatic rings. The molecule has 5 nitrogen and oxygen atoms in total. The number of nitrogens with zero attached hydrogens (tertiary/aromatic N) is 1. The zero-order chi connectivity index (χ0) is 16.1. The number of aromatic nitrogens is 1. The molecule has 1 unspecified atom stereocenters. The molecule has 0 radical (unpaired) electrons. The fourth-order valence-electron chi connectivity index (χ4n) is 2.26. The van der Waals surface area contributed by atoms with E-state index in [1.165, 1.54) is 11.3 Å². The molecule has 1 atom stereocenters. The van der Waals surface area contributed by atoms with Crippen molar-refractivity contribution in [3.63, 3.8) is 0 Å². The van der Waals surface area contributed by atoms with Crippen LogP contribution in [0.5, 0.6) is 0 Å². The van der Waals surface area contributed by atoms with E-state index in [1.807, 2.05) is 6.92 Å². The molecule has 1 fully saturated rings. The average molecular weight is 319 g/mol. The monoisotopic (exact) mass is 319 g/mol. The highest BCUT2D eigenvalue weighted by molar-refractivity contribution is 7.11. The second kappa shape index (κ2) is 7.38. The lowest BCUT2D eigenvalue weighted by Crippen LogP contribution is -2.41. The van der Waals surface area contributed by atoms with Crippen molar-refractivity contribution in [3.05, 3.63) is 46.6 Å². The summed E-state index contributed by atoms with van der Waals surface area (Å²) in [4.78, 5) is 17.0. The van der Waals surface area contributed by atoms with Crippen LogP contribution in [0.4, 0.5) is 0 Å². The van der Waals surface area contributed by atoms with Gasteiger partial charge in [0, 0.05) is 12.1 Å². The summed E-state index contributed by atoms with van der Waals surface area (Å²) in [5.74, 6) is -0.0268. The molecule has 1 aliphatic rings. The Labute approximate surface area is 134 Å². The van der Waals surface area contributed by atoms with Gasteiger partial charge in [0.25, 0.3) is 0 Å². The first kappa shape index (κ1) is 16.5. The van der Waals surface area contributed by atoms with E-state index in [9.17, 15) is 9.90 Å². The van der Waals surface area contributed by atoms with E-state index in [0.717, 1.165) is 30.0 Å². The number of aryl methyl sites for hydroxylation is 1. The van der Waals surface area contributed by atoms with Crippen LogP contribution in [-0.2, 0) is 4.79 Å². The summed E-state index contributed by atoms with van der Waals surface area (Å²) in [5, 5.41) is 16.0. The molecule has 2 heterocycles. The summed E-state index contributed by atoms with van der Waals surface area (Å²) in [7, 11) is 0. The number of aliphatic hydroxyl groups is 1. The SMILES string of the molecule is C=C(CNC(=O)C1CCCN1)/C(O)=C\C(=C)c1scnc1C. The normalized spacial score (nSPS) is 18.2. The molecule has 22 heavy (non-hydrogen) atoms. The quantitative estimate of drug-likeness (QED) is 0.556. The van der Waals surface area contributed by atoms with E-state index < -0.39 is 0 Å². The fourth-order valence-corrected chi connectivity index (χ4v) is 3.01. The van der Waals surface area contributed by atoms with Gasteiger partial charge in [-0.1, -0.05) is 13.2 Å². The molecule has 1 amide bonds. The third kappa shape index (κ3) is 4.05. The molecule has 0 aromatic carbocycles. The van der Waals surface area contributed by atoms with Gasteiger partial charge in [-0.3, -0.25) is 4.79 Å². The van der Waals surface area contributed by atoms with E-state index in [4.69, 9.17) is 0 Å². The highest BCUT2D eigenvalue weighted by Crippen LogP contribution is 2.23. The van der Waals surface area contributed by atoms with E-state index in [1.54, 1.807) is 11.6 Å². The smallest absolute Gasteiger partial charge is 0.237 e. The second-order valence-electron chi connectivity index (χ2n) is 5.29. The van der Waals surface area contributed by atoms with Crippen molar-refractivity contribution in [2.24, 2.45) is 0 Å². The minimum absolute atomic E-state index is 0.0254. The first-order valence-electron chi connectivity index (χ1n) is 7.18. The molecule has 1 aliphatic heterocycles. The molecule has 6 heteroatoms. The van der Waals surface area contributed by atoms with Gasteiger partial charge in [0.1, 0.15) is 5.76 Å². The first-order valence-corrected chi connectivity index (χ1v) is 8.06. The minimum atomic E-state index is -0.131. The van der Waals surface area contributed by atoms with Crippen molar-refractivity contribution in [1.82, 2.24) is 15.6 Å². The lowest BCUT2D eigenvalue weighted by atomic mass is 10.1. The Bertz CT molecular complexity index is 613. The van der Waals surface area contributed by atoms with Crippen molar-refractivity contribution >= 4 is 22.8 Å². The number of thiazole rings is 1. The van der Waals surface area contributed by atoms with E-state index in [-0.39, 0.29) is 24.3 Å². The van der Waals surface area contributed by atoms with Crippen LogP contribution in [0.25, 0.3) is 5.57 Å². The number of hydrogen-bond acceptors (Lipinski definition) is 5. The summed E-state index contributed by atoms with van der Waals surface area (Å²) >= 11 is 1.47. The second-order valence-corrected chi connectivity index (χ2v) is 6.15. The largest absolute Gasteiger partial charge is 0.508 e. The predicted molar refractivity (Wildman–Crippen MR) is 89.8 cm³/mol. The molecular formula is C16H21N3O2S. The van der Waals surface area contributed by atoms with Gasteiger partial charge in [0.05, 0.1) is 22.1 Å². The molecule has 0 saturated carbocycles. The van der Waals surface area contributed by atoms with Crippen LogP contribution in [0, 0.1) is 6.92 Å². The molecular weight excluding hydrogens is 298 g/mol. The number of amides is 1. The van der Waals surface area contributed by atoms with Crippen molar-refractivity contribution in [1.29, 1.82) is 0 Å².